The number of rotatable bonds is 8. The Hall–Kier alpha value is -3.30. The van der Waals surface area contributed by atoms with E-state index in [1.165, 1.54) is 23.9 Å². The SMILES string of the molecule is COc1cccc(-c2nc(C)c(-c3ccc(SCC(=O)NCc4ccc(F)cc4)nn3)s2)c1. The van der Waals surface area contributed by atoms with E-state index in [4.69, 9.17) is 4.74 Å². The van der Waals surface area contributed by atoms with Crippen LogP contribution < -0.4 is 10.1 Å². The van der Waals surface area contributed by atoms with E-state index in [0.717, 1.165) is 38.1 Å². The molecule has 0 aliphatic carbocycles. The molecule has 1 N–H and O–H groups in total. The minimum Gasteiger partial charge on any atom is -0.497 e. The molecule has 0 fully saturated rings. The number of hydrogen-bond acceptors (Lipinski definition) is 7. The summed E-state index contributed by atoms with van der Waals surface area (Å²) in [6, 6.07) is 17.6. The van der Waals surface area contributed by atoms with Gasteiger partial charge in [0.15, 0.2) is 0 Å². The average Bonchev–Trinajstić information content (AvgIpc) is 3.24. The second-order valence-corrected chi connectivity index (χ2v) is 9.11. The monoisotopic (exact) mass is 480 g/mol. The van der Waals surface area contributed by atoms with Crippen molar-refractivity contribution >= 4 is 29.0 Å². The highest BCUT2D eigenvalue weighted by molar-refractivity contribution is 7.99. The van der Waals surface area contributed by atoms with Crippen LogP contribution in [0.1, 0.15) is 11.3 Å². The number of carbonyl (C=O) groups excluding carboxylic acids is 1. The van der Waals surface area contributed by atoms with Gasteiger partial charge in [-0.1, -0.05) is 36.0 Å². The van der Waals surface area contributed by atoms with Gasteiger partial charge in [0.1, 0.15) is 27.3 Å². The van der Waals surface area contributed by atoms with Crippen LogP contribution in [0.5, 0.6) is 5.75 Å². The summed E-state index contributed by atoms with van der Waals surface area (Å²) in [5, 5.41) is 13.0. The largest absolute Gasteiger partial charge is 0.497 e. The van der Waals surface area contributed by atoms with Gasteiger partial charge in [0.05, 0.1) is 23.4 Å². The van der Waals surface area contributed by atoms with E-state index in [1.807, 2.05) is 43.3 Å². The van der Waals surface area contributed by atoms with Crippen LogP contribution >= 0.6 is 23.1 Å². The van der Waals surface area contributed by atoms with Crippen molar-refractivity contribution in [1.82, 2.24) is 20.5 Å². The van der Waals surface area contributed by atoms with Crippen LogP contribution in [0, 0.1) is 12.7 Å². The summed E-state index contributed by atoms with van der Waals surface area (Å²) in [5.41, 5.74) is 3.45. The van der Waals surface area contributed by atoms with Gasteiger partial charge in [0.25, 0.3) is 0 Å². The van der Waals surface area contributed by atoms with Gasteiger partial charge in [0, 0.05) is 12.1 Å². The summed E-state index contributed by atoms with van der Waals surface area (Å²) in [5.74, 6) is 0.573. The first-order valence-electron chi connectivity index (χ1n) is 10.1. The first-order chi connectivity index (χ1) is 16.0. The Labute approximate surface area is 199 Å². The average molecular weight is 481 g/mol. The Morgan fingerprint density at radius 2 is 1.94 bits per heavy atom. The highest BCUT2D eigenvalue weighted by Crippen LogP contribution is 2.35. The lowest BCUT2D eigenvalue weighted by Gasteiger charge is -2.05. The number of aromatic nitrogens is 3. The minimum absolute atomic E-state index is 0.128. The van der Waals surface area contributed by atoms with E-state index in [-0.39, 0.29) is 17.5 Å². The number of hydrogen-bond donors (Lipinski definition) is 1. The maximum atomic E-state index is 12.9. The van der Waals surface area contributed by atoms with Crippen molar-refractivity contribution in [1.29, 1.82) is 0 Å². The van der Waals surface area contributed by atoms with Gasteiger partial charge in [-0.3, -0.25) is 4.79 Å². The van der Waals surface area contributed by atoms with E-state index in [9.17, 15) is 9.18 Å². The molecule has 2 aromatic heterocycles. The molecule has 1 amide bonds. The summed E-state index contributed by atoms with van der Waals surface area (Å²) >= 11 is 2.86. The highest BCUT2D eigenvalue weighted by Gasteiger charge is 2.14. The summed E-state index contributed by atoms with van der Waals surface area (Å²) in [6.07, 6.45) is 0. The first kappa shape index (κ1) is 22.9. The Morgan fingerprint density at radius 1 is 1.12 bits per heavy atom. The molecule has 2 aromatic carbocycles. The molecule has 4 rings (SSSR count). The van der Waals surface area contributed by atoms with Crippen LogP contribution in [0.4, 0.5) is 4.39 Å². The van der Waals surface area contributed by atoms with Crippen molar-refractivity contribution < 1.29 is 13.9 Å². The molecule has 168 valence electrons. The summed E-state index contributed by atoms with van der Waals surface area (Å²) in [7, 11) is 1.64. The quantitative estimate of drug-likeness (QED) is 0.352. The number of amides is 1. The van der Waals surface area contributed by atoms with Crippen molar-refractivity contribution in [3.8, 4) is 26.9 Å². The lowest BCUT2D eigenvalue weighted by atomic mass is 10.2. The van der Waals surface area contributed by atoms with Gasteiger partial charge in [-0.05, 0) is 48.9 Å². The van der Waals surface area contributed by atoms with E-state index in [0.29, 0.717) is 11.6 Å². The summed E-state index contributed by atoms with van der Waals surface area (Å²) < 4.78 is 18.3. The number of thioether (sulfide) groups is 1. The fourth-order valence-electron chi connectivity index (χ4n) is 3.03. The normalized spacial score (nSPS) is 10.8. The molecule has 0 aliphatic rings. The van der Waals surface area contributed by atoms with Crippen molar-refractivity contribution in [2.45, 2.75) is 18.5 Å². The van der Waals surface area contributed by atoms with Crippen molar-refractivity contribution in [3.05, 3.63) is 77.7 Å². The van der Waals surface area contributed by atoms with Gasteiger partial charge in [0.2, 0.25) is 5.91 Å². The zero-order chi connectivity index (χ0) is 23.2. The Kier molecular flexibility index (Phi) is 7.31. The molecule has 0 spiro atoms. The second kappa shape index (κ2) is 10.5. The van der Waals surface area contributed by atoms with Gasteiger partial charge < -0.3 is 10.1 Å². The van der Waals surface area contributed by atoms with Gasteiger partial charge in [-0.2, -0.15) is 0 Å². The van der Waals surface area contributed by atoms with E-state index >= 15 is 0 Å². The van der Waals surface area contributed by atoms with E-state index in [1.54, 1.807) is 30.6 Å². The molecule has 6 nitrogen and oxygen atoms in total. The van der Waals surface area contributed by atoms with E-state index < -0.39 is 0 Å². The van der Waals surface area contributed by atoms with Gasteiger partial charge >= 0.3 is 0 Å². The van der Waals surface area contributed by atoms with Crippen LogP contribution in [-0.4, -0.2) is 34.0 Å². The molecule has 0 saturated heterocycles. The standard InChI is InChI=1S/C24H21FN4O2S2/c1-15-23(33-24(27-15)17-4-3-5-19(12-17)31-2)20-10-11-22(29-28-20)32-14-21(30)26-13-16-6-8-18(25)9-7-16/h3-12H,13-14H2,1-2H3,(H,26,30). The third-order valence-electron chi connectivity index (χ3n) is 4.74. The number of thiazole rings is 1. The third-order valence-corrected chi connectivity index (χ3v) is 6.89. The lowest BCUT2D eigenvalue weighted by molar-refractivity contribution is -0.118. The number of carbonyl (C=O) groups is 1. The third kappa shape index (κ3) is 5.94. The molecule has 33 heavy (non-hydrogen) atoms. The number of halogens is 1. The Morgan fingerprint density at radius 3 is 2.67 bits per heavy atom. The number of benzene rings is 2. The maximum absolute atomic E-state index is 12.9. The highest BCUT2D eigenvalue weighted by atomic mass is 32.2. The van der Waals surface area contributed by atoms with Crippen LogP contribution in [0.2, 0.25) is 0 Å². The zero-order valence-electron chi connectivity index (χ0n) is 18.0. The van der Waals surface area contributed by atoms with Crippen molar-refractivity contribution in [2.24, 2.45) is 0 Å². The molecular weight excluding hydrogens is 459 g/mol. The van der Waals surface area contributed by atoms with Gasteiger partial charge in [-0.25, -0.2) is 9.37 Å². The smallest absolute Gasteiger partial charge is 0.230 e. The molecule has 0 saturated carbocycles. The summed E-state index contributed by atoms with van der Waals surface area (Å²) in [6.45, 7) is 2.30. The van der Waals surface area contributed by atoms with Crippen LogP contribution in [-0.2, 0) is 11.3 Å². The second-order valence-electron chi connectivity index (χ2n) is 7.11. The fraction of sp³-hybridized carbons (Fsp3) is 0.167. The number of nitrogens with zero attached hydrogens (tertiary/aromatic N) is 3. The molecule has 9 heteroatoms. The topological polar surface area (TPSA) is 77.0 Å². The Balaban J connectivity index is 1.35. The maximum Gasteiger partial charge on any atom is 0.230 e. The number of nitrogens with one attached hydrogen (secondary N) is 1. The summed E-state index contributed by atoms with van der Waals surface area (Å²) in [4.78, 5) is 17.7. The predicted octanol–water partition coefficient (Wildman–Crippen LogP) is 5.13. The molecule has 0 aliphatic heterocycles. The van der Waals surface area contributed by atoms with Crippen molar-refractivity contribution in [2.75, 3.05) is 12.9 Å². The number of ether oxygens (including phenoxy) is 1. The van der Waals surface area contributed by atoms with Crippen molar-refractivity contribution in [3.63, 3.8) is 0 Å². The Bertz CT molecular complexity index is 1240. The van der Waals surface area contributed by atoms with Gasteiger partial charge in [-0.15, -0.1) is 21.5 Å². The molecule has 0 radical (unpaired) electrons. The molecule has 2 heterocycles. The molecule has 0 unspecified atom stereocenters. The predicted molar refractivity (Wildman–Crippen MR) is 129 cm³/mol. The first-order valence-corrected chi connectivity index (χ1v) is 11.9. The molecular formula is C24H21FN4O2S2. The number of methoxy groups -OCH3 is 1. The lowest BCUT2D eigenvalue weighted by Crippen LogP contribution is -2.24. The van der Waals surface area contributed by atoms with Crippen LogP contribution in [0.3, 0.4) is 0 Å². The molecule has 4 aromatic rings. The van der Waals surface area contributed by atoms with Crippen LogP contribution in [0.25, 0.3) is 21.1 Å². The minimum atomic E-state index is -0.298. The fourth-order valence-corrected chi connectivity index (χ4v) is 4.70. The zero-order valence-corrected chi connectivity index (χ0v) is 19.7. The molecule has 0 atom stereocenters. The molecule has 0 bridgehead atoms. The number of aryl methyl sites for hydroxylation is 1. The van der Waals surface area contributed by atoms with Crippen LogP contribution in [0.15, 0.2) is 65.7 Å². The van der Waals surface area contributed by atoms with E-state index in [2.05, 4.69) is 20.5 Å².